The first kappa shape index (κ1) is 76.2. The number of ether oxygens (including phenoxy) is 6. The quantitative estimate of drug-likeness (QED) is 0.0213. The zero-order chi connectivity index (χ0) is 61.9. The molecule has 3 saturated heterocycles. The molecule has 19 nitrogen and oxygen atoms in total. The lowest BCUT2D eigenvalue weighted by atomic mass is 9.96. The Morgan fingerprint density at radius 3 is 1.25 bits per heavy atom. The maximum atomic E-state index is 13.2. The van der Waals surface area contributed by atoms with Gasteiger partial charge in [-0.25, -0.2) is 0 Å². The molecule has 0 aromatic carbocycles. The lowest BCUT2D eigenvalue weighted by Gasteiger charge is -2.48. The molecule has 85 heavy (non-hydrogen) atoms. The highest BCUT2D eigenvalue weighted by Gasteiger charge is 2.53. The number of hydrogen-bond donors (Lipinski definition) is 12. The Labute approximate surface area is 508 Å². The van der Waals surface area contributed by atoms with Crippen LogP contribution in [-0.2, 0) is 33.2 Å². The average molecular weight is 1210 g/mol. The first-order valence-electron chi connectivity index (χ1n) is 32.3. The van der Waals surface area contributed by atoms with Gasteiger partial charge in [-0.15, -0.1) is 0 Å². The summed E-state index contributed by atoms with van der Waals surface area (Å²) in [5, 5.41) is 119. The van der Waals surface area contributed by atoms with E-state index in [1.165, 1.54) is 96.3 Å². The molecule has 0 saturated carbocycles. The van der Waals surface area contributed by atoms with Crippen LogP contribution >= 0.6 is 0 Å². The molecule has 0 spiro atoms. The molecule has 3 aliphatic rings. The Morgan fingerprint density at radius 2 is 0.812 bits per heavy atom. The van der Waals surface area contributed by atoms with E-state index in [0.29, 0.717) is 12.8 Å². The van der Waals surface area contributed by atoms with Crippen molar-refractivity contribution in [1.82, 2.24) is 5.32 Å². The number of aliphatic hydroxyl groups is 11. The summed E-state index contributed by atoms with van der Waals surface area (Å²) in [7, 11) is 0. The van der Waals surface area contributed by atoms with E-state index < -0.39 is 124 Å². The topological polar surface area (TPSA) is 307 Å². The highest BCUT2D eigenvalue weighted by Crippen LogP contribution is 2.33. The van der Waals surface area contributed by atoms with E-state index in [1.54, 1.807) is 12.2 Å². The van der Waals surface area contributed by atoms with E-state index in [1.807, 2.05) is 6.92 Å². The minimum atomic E-state index is -1.98. The molecule has 17 atom stereocenters. The summed E-state index contributed by atoms with van der Waals surface area (Å²) in [5.41, 5.74) is 0. The molecule has 3 aliphatic heterocycles. The second kappa shape index (κ2) is 47.9. The van der Waals surface area contributed by atoms with Gasteiger partial charge in [-0.1, -0.05) is 208 Å². The zero-order valence-corrected chi connectivity index (χ0v) is 51.3. The van der Waals surface area contributed by atoms with Gasteiger partial charge in [0.05, 0.1) is 38.6 Å². The van der Waals surface area contributed by atoms with Gasteiger partial charge in [-0.2, -0.15) is 0 Å². The number of carbonyl (C=O) groups is 1. The monoisotopic (exact) mass is 1210 g/mol. The van der Waals surface area contributed by atoms with Crippen LogP contribution in [0.2, 0.25) is 0 Å². The predicted molar refractivity (Wildman–Crippen MR) is 328 cm³/mol. The number of carbonyl (C=O) groups excluding carboxylic acids is 1. The molecule has 0 aliphatic carbocycles. The highest BCUT2D eigenvalue weighted by molar-refractivity contribution is 5.76. The van der Waals surface area contributed by atoms with Crippen LogP contribution in [0.15, 0.2) is 85.1 Å². The van der Waals surface area contributed by atoms with Gasteiger partial charge in [0, 0.05) is 6.42 Å². The van der Waals surface area contributed by atoms with Crippen molar-refractivity contribution in [3.05, 3.63) is 85.1 Å². The Hall–Kier alpha value is -3.03. The largest absolute Gasteiger partial charge is 0.394 e. The van der Waals surface area contributed by atoms with E-state index in [-0.39, 0.29) is 18.9 Å². The van der Waals surface area contributed by atoms with Crippen molar-refractivity contribution in [2.45, 2.75) is 298 Å². The maximum absolute atomic E-state index is 13.2. The molecule has 3 heterocycles. The normalized spacial score (nSPS) is 29.5. The Balaban J connectivity index is 1.23. The molecular weight excluding hydrogens is 1090 g/mol. The Morgan fingerprint density at radius 1 is 0.435 bits per heavy atom. The number of amides is 1. The Kier molecular flexibility index (Phi) is 43.0. The van der Waals surface area contributed by atoms with Crippen LogP contribution in [0, 0.1) is 0 Å². The van der Waals surface area contributed by atoms with Crippen molar-refractivity contribution in [3.63, 3.8) is 0 Å². The summed E-state index contributed by atoms with van der Waals surface area (Å²) in [5.74, 6) is -0.290. The van der Waals surface area contributed by atoms with E-state index >= 15 is 0 Å². The number of unbranched alkanes of at least 4 members (excludes halogenated alkanes) is 19. The fourth-order valence-corrected chi connectivity index (χ4v) is 10.4. The molecule has 0 aromatic rings. The minimum Gasteiger partial charge on any atom is -0.394 e. The molecule has 12 N–H and O–H groups in total. The number of rotatable bonds is 47. The van der Waals surface area contributed by atoms with E-state index in [2.05, 4.69) is 85.2 Å². The predicted octanol–water partition coefficient (Wildman–Crippen LogP) is 7.15. The second-order valence-electron chi connectivity index (χ2n) is 22.8. The summed E-state index contributed by atoms with van der Waals surface area (Å²) >= 11 is 0. The van der Waals surface area contributed by atoms with Crippen molar-refractivity contribution in [2.75, 3.05) is 26.4 Å². The van der Waals surface area contributed by atoms with Crippen LogP contribution in [0.3, 0.4) is 0 Å². The molecule has 3 fully saturated rings. The van der Waals surface area contributed by atoms with Crippen molar-refractivity contribution >= 4 is 5.91 Å². The van der Waals surface area contributed by atoms with Gasteiger partial charge in [0.25, 0.3) is 0 Å². The van der Waals surface area contributed by atoms with E-state index in [0.717, 1.165) is 64.2 Å². The Bertz CT molecular complexity index is 1880. The molecule has 1 amide bonds. The molecule has 0 radical (unpaired) electrons. The molecule has 19 heteroatoms. The van der Waals surface area contributed by atoms with Gasteiger partial charge < -0.3 is 89.9 Å². The molecule has 3 rings (SSSR count). The number of allylic oxidation sites excluding steroid dienone is 13. The van der Waals surface area contributed by atoms with Crippen LogP contribution in [0.25, 0.3) is 0 Å². The van der Waals surface area contributed by atoms with Gasteiger partial charge in [-0.3, -0.25) is 4.79 Å². The smallest absolute Gasteiger partial charge is 0.220 e. The van der Waals surface area contributed by atoms with Crippen LogP contribution in [0.5, 0.6) is 0 Å². The van der Waals surface area contributed by atoms with Gasteiger partial charge >= 0.3 is 0 Å². The molecule has 490 valence electrons. The van der Waals surface area contributed by atoms with Crippen molar-refractivity contribution < 1.29 is 89.4 Å². The van der Waals surface area contributed by atoms with Crippen molar-refractivity contribution in [1.29, 1.82) is 0 Å². The molecule has 0 bridgehead atoms. The average Bonchev–Trinajstić information content (AvgIpc) is 3.44. The molecule has 0 aromatic heterocycles. The van der Waals surface area contributed by atoms with Gasteiger partial charge in [0.15, 0.2) is 18.9 Å². The third-order valence-electron chi connectivity index (χ3n) is 15.7. The lowest BCUT2D eigenvalue weighted by Crippen LogP contribution is -2.66. The summed E-state index contributed by atoms with van der Waals surface area (Å²) in [6, 6.07) is -0.970. The second-order valence-corrected chi connectivity index (χ2v) is 22.8. The summed E-state index contributed by atoms with van der Waals surface area (Å²) in [6.45, 7) is 1.35. The summed E-state index contributed by atoms with van der Waals surface area (Å²) in [4.78, 5) is 13.2. The van der Waals surface area contributed by atoms with Crippen molar-refractivity contribution in [2.24, 2.45) is 0 Å². The standard InChI is InChI=1S/C66H113NO18/c1-3-5-7-8-9-10-11-12-13-14-15-16-17-18-19-20-21-22-23-24-25-26-27-28-29-30-31-32-33-34-35-36-37-38-39-40-42-44-54(72)67-49(50(71)43-41-6-4-2)48-80-64-60(78)57(75)62(52(46-69)82-64)85-66-61(79)58(76)63(53(47-70)83-66)84-65-59(77)56(74)55(73)51(45-68)81-65/h5,7,9-10,12-13,15-16,18-19,21-22,41,43,49-53,55-66,68-71,73-79H,3-4,6,8,11,14,17,20,23-40,42,44-48H2,1-2H3,(H,67,72)/b7-5-,10-9-,13-12-,16-15-,19-18-,22-21-,43-41+. The first-order valence-corrected chi connectivity index (χ1v) is 32.3. The molecule has 17 unspecified atom stereocenters. The van der Waals surface area contributed by atoms with E-state index in [4.69, 9.17) is 28.4 Å². The number of hydrogen-bond acceptors (Lipinski definition) is 18. The summed E-state index contributed by atoms with van der Waals surface area (Å²) < 4.78 is 34.0. The highest BCUT2D eigenvalue weighted by atomic mass is 16.8. The van der Waals surface area contributed by atoms with Crippen molar-refractivity contribution in [3.8, 4) is 0 Å². The third kappa shape index (κ3) is 30.8. The number of aliphatic hydroxyl groups excluding tert-OH is 11. The van der Waals surface area contributed by atoms with Gasteiger partial charge in [0.2, 0.25) is 5.91 Å². The van der Waals surface area contributed by atoms with Crippen LogP contribution < -0.4 is 5.32 Å². The SMILES string of the molecule is CC/C=C\C/C=C\C/C=C\C/C=C\C/C=C\C/C=C\CCCCCCCCCCCCCCCCCCCCC(=O)NC(COC1OC(CO)C(OC2OC(CO)C(OC3OC(CO)C(O)C(O)C3O)C(O)C2O)C(O)C1O)C(O)/C=C/CCC. The first-order chi connectivity index (χ1) is 41.3. The maximum Gasteiger partial charge on any atom is 0.220 e. The van der Waals surface area contributed by atoms with Gasteiger partial charge in [-0.05, 0) is 64.2 Å². The van der Waals surface area contributed by atoms with E-state index in [9.17, 15) is 61.0 Å². The van der Waals surface area contributed by atoms with Crippen LogP contribution in [0.1, 0.15) is 194 Å². The minimum absolute atomic E-state index is 0.238. The van der Waals surface area contributed by atoms with Crippen LogP contribution in [0.4, 0.5) is 0 Å². The number of nitrogens with one attached hydrogen (secondary N) is 1. The molecular formula is C66H113NO18. The fourth-order valence-electron chi connectivity index (χ4n) is 10.4. The van der Waals surface area contributed by atoms with Gasteiger partial charge in [0.1, 0.15) is 73.2 Å². The lowest BCUT2D eigenvalue weighted by molar-refractivity contribution is -0.379. The third-order valence-corrected chi connectivity index (χ3v) is 15.7. The fraction of sp³-hybridized carbons (Fsp3) is 0.773. The summed E-state index contributed by atoms with van der Waals surface area (Å²) in [6.07, 6.45) is 34.5. The zero-order valence-electron chi connectivity index (χ0n) is 51.3. The van der Waals surface area contributed by atoms with Crippen LogP contribution in [-0.4, -0.2) is 193 Å².